The minimum absolute atomic E-state index is 0.0303. The fourth-order valence-electron chi connectivity index (χ4n) is 1.30. The van der Waals surface area contributed by atoms with Crippen molar-refractivity contribution < 1.29 is 4.79 Å². The first kappa shape index (κ1) is 8.26. The highest BCUT2D eigenvalue weighted by atomic mass is 16.1. The Hall–Kier alpha value is -1.35. The van der Waals surface area contributed by atoms with Crippen LogP contribution in [0, 0.1) is 0 Å². The van der Waals surface area contributed by atoms with E-state index >= 15 is 0 Å². The molecule has 2 N–H and O–H groups in total. The second-order valence-electron chi connectivity index (χ2n) is 3.26. The van der Waals surface area contributed by atoms with Crippen LogP contribution < -0.4 is 10.6 Å². The van der Waals surface area contributed by atoms with Gasteiger partial charge < -0.3 is 10.6 Å². The Labute approximate surface area is 77.1 Å². The van der Waals surface area contributed by atoms with Crippen LogP contribution in [0.1, 0.15) is 18.5 Å². The first-order valence-corrected chi connectivity index (χ1v) is 4.36. The standard InChI is InChI=1S/C10H12N2O/c1-7(13)12-9-4-2-8(3-5-9)10-6-11-10/h2-5,10-11H,6H2,1H3,(H,12,13)/t10-/m1/s1. The summed E-state index contributed by atoms with van der Waals surface area (Å²) in [7, 11) is 0. The van der Waals surface area contributed by atoms with Crippen LogP contribution in [-0.2, 0) is 4.79 Å². The first-order chi connectivity index (χ1) is 6.25. The van der Waals surface area contributed by atoms with Crippen molar-refractivity contribution in [2.24, 2.45) is 0 Å². The summed E-state index contributed by atoms with van der Waals surface area (Å²) in [4.78, 5) is 10.7. The van der Waals surface area contributed by atoms with Crippen LogP contribution in [0.3, 0.4) is 0 Å². The highest BCUT2D eigenvalue weighted by Crippen LogP contribution is 2.22. The molecule has 0 saturated carbocycles. The van der Waals surface area contributed by atoms with Crippen molar-refractivity contribution >= 4 is 11.6 Å². The highest BCUT2D eigenvalue weighted by molar-refractivity contribution is 5.88. The number of carbonyl (C=O) groups is 1. The molecule has 1 heterocycles. The van der Waals surface area contributed by atoms with E-state index in [4.69, 9.17) is 0 Å². The van der Waals surface area contributed by atoms with Crippen LogP contribution in [0.15, 0.2) is 24.3 Å². The van der Waals surface area contributed by atoms with Crippen molar-refractivity contribution in [2.75, 3.05) is 11.9 Å². The predicted octanol–water partition coefficient (Wildman–Crippen LogP) is 1.29. The van der Waals surface area contributed by atoms with Gasteiger partial charge in [0.25, 0.3) is 0 Å². The van der Waals surface area contributed by atoms with Crippen molar-refractivity contribution in [1.82, 2.24) is 5.32 Å². The van der Waals surface area contributed by atoms with E-state index in [0.717, 1.165) is 12.2 Å². The molecule has 0 unspecified atom stereocenters. The molecule has 3 nitrogen and oxygen atoms in total. The summed E-state index contributed by atoms with van der Waals surface area (Å²) in [5.74, 6) is -0.0303. The van der Waals surface area contributed by atoms with Crippen molar-refractivity contribution in [3.8, 4) is 0 Å². The fourth-order valence-corrected chi connectivity index (χ4v) is 1.30. The van der Waals surface area contributed by atoms with E-state index in [9.17, 15) is 4.79 Å². The van der Waals surface area contributed by atoms with Crippen LogP contribution >= 0.6 is 0 Å². The lowest BCUT2D eigenvalue weighted by molar-refractivity contribution is -0.114. The molecule has 1 aromatic rings. The summed E-state index contributed by atoms with van der Waals surface area (Å²) < 4.78 is 0. The van der Waals surface area contributed by atoms with E-state index in [2.05, 4.69) is 10.6 Å². The molecular formula is C10H12N2O. The van der Waals surface area contributed by atoms with Gasteiger partial charge in [-0.25, -0.2) is 0 Å². The molecule has 68 valence electrons. The van der Waals surface area contributed by atoms with Gasteiger partial charge >= 0.3 is 0 Å². The number of amides is 1. The Kier molecular flexibility index (Phi) is 2.02. The molecule has 0 radical (unpaired) electrons. The lowest BCUT2D eigenvalue weighted by atomic mass is 10.1. The van der Waals surface area contributed by atoms with E-state index in [1.165, 1.54) is 12.5 Å². The number of hydrogen-bond donors (Lipinski definition) is 2. The summed E-state index contributed by atoms with van der Waals surface area (Å²) in [6.45, 7) is 2.58. The largest absolute Gasteiger partial charge is 0.326 e. The van der Waals surface area contributed by atoms with Crippen LogP contribution in [-0.4, -0.2) is 12.5 Å². The molecule has 0 aromatic heterocycles. The van der Waals surface area contributed by atoms with Crippen LogP contribution in [0.5, 0.6) is 0 Å². The lowest BCUT2D eigenvalue weighted by Gasteiger charge is -2.02. The number of hydrogen-bond acceptors (Lipinski definition) is 2. The average molecular weight is 176 g/mol. The lowest BCUT2D eigenvalue weighted by Crippen LogP contribution is -2.05. The second kappa shape index (κ2) is 3.18. The Morgan fingerprint density at radius 1 is 1.46 bits per heavy atom. The summed E-state index contributed by atoms with van der Waals surface area (Å²) >= 11 is 0. The van der Waals surface area contributed by atoms with Gasteiger partial charge in [-0.3, -0.25) is 4.79 Å². The Bertz CT molecular complexity index is 314. The number of rotatable bonds is 2. The van der Waals surface area contributed by atoms with E-state index in [0.29, 0.717) is 6.04 Å². The topological polar surface area (TPSA) is 51.0 Å². The molecule has 1 aromatic carbocycles. The first-order valence-electron chi connectivity index (χ1n) is 4.36. The van der Waals surface area contributed by atoms with Gasteiger partial charge in [-0.05, 0) is 17.7 Å². The third-order valence-electron chi connectivity index (χ3n) is 2.04. The Morgan fingerprint density at radius 3 is 2.54 bits per heavy atom. The zero-order chi connectivity index (χ0) is 9.26. The number of anilines is 1. The minimum atomic E-state index is -0.0303. The van der Waals surface area contributed by atoms with Crippen LogP contribution in [0.25, 0.3) is 0 Å². The quantitative estimate of drug-likeness (QED) is 0.667. The van der Waals surface area contributed by atoms with E-state index in [-0.39, 0.29) is 5.91 Å². The average Bonchev–Trinajstić information content (AvgIpc) is 2.87. The van der Waals surface area contributed by atoms with Gasteiger partial charge in [-0.1, -0.05) is 12.1 Å². The maximum absolute atomic E-state index is 10.7. The third kappa shape index (κ3) is 2.06. The molecule has 0 bridgehead atoms. The van der Waals surface area contributed by atoms with Crippen LogP contribution in [0.2, 0.25) is 0 Å². The molecule has 1 saturated heterocycles. The monoisotopic (exact) mass is 176 g/mol. The van der Waals surface area contributed by atoms with Gasteiger partial charge in [-0.2, -0.15) is 0 Å². The smallest absolute Gasteiger partial charge is 0.221 e. The van der Waals surface area contributed by atoms with Crippen molar-refractivity contribution in [2.45, 2.75) is 13.0 Å². The second-order valence-corrected chi connectivity index (χ2v) is 3.26. The molecule has 2 rings (SSSR count). The maximum atomic E-state index is 10.7. The van der Waals surface area contributed by atoms with Gasteiger partial charge in [0.05, 0.1) is 0 Å². The molecular weight excluding hydrogens is 164 g/mol. The molecule has 0 spiro atoms. The summed E-state index contributed by atoms with van der Waals surface area (Å²) in [6, 6.07) is 8.46. The van der Waals surface area contributed by atoms with Gasteiger partial charge in [0.1, 0.15) is 0 Å². The molecule has 1 atom stereocenters. The molecule has 1 aliphatic heterocycles. The van der Waals surface area contributed by atoms with E-state index in [1.807, 2.05) is 24.3 Å². The zero-order valence-electron chi connectivity index (χ0n) is 7.50. The molecule has 1 fully saturated rings. The SMILES string of the molecule is CC(=O)Nc1ccc([C@H]2CN2)cc1. The maximum Gasteiger partial charge on any atom is 0.221 e. The summed E-state index contributed by atoms with van der Waals surface area (Å²) in [5.41, 5.74) is 2.14. The zero-order valence-corrected chi connectivity index (χ0v) is 7.50. The predicted molar refractivity (Wildman–Crippen MR) is 51.5 cm³/mol. The molecule has 13 heavy (non-hydrogen) atoms. The van der Waals surface area contributed by atoms with Gasteiger partial charge in [0, 0.05) is 25.2 Å². The number of benzene rings is 1. The summed E-state index contributed by atoms with van der Waals surface area (Å²) in [6.07, 6.45) is 0. The van der Waals surface area contributed by atoms with Crippen molar-refractivity contribution in [3.63, 3.8) is 0 Å². The molecule has 1 aliphatic rings. The number of carbonyl (C=O) groups excluding carboxylic acids is 1. The molecule has 1 amide bonds. The highest BCUT2D eigenvalue weighted by Gasteiger charge is 2.21. The molecule has 0 aliphatic carbocycles. The minimum Gasteiger partial charge on any atom is -0.326 e. The van der Waals surface area contributed by atoms with Gasteiger partial charge in [-0.15, -0.1) is 0 Å². The number of nitrogens with one attached hydrogen (secondary N) is 2. The van der Waals surface area contributed by atoms with Crippen LogP contribution in [0.4, 0.5) is 5.69 Å². The van der Waals surface area contributed by atoms with Gasteiger partial charge in [0.15, 0.2) is 0 Å². The van der Waals surface area contributed by atoms with Crippen molar-refractivity contribution in [3.05, 3.63) is 29.8 Å². The Balaban J connectivity index is 2.08. The fraction of sp³-hybridized carbons (Fsp3) is 0.300. The third-order valence-corrected chi connectivity index (χ3v) is 2.04. The Morgan fingerprint density at radius 2 is 2.08 bits per heavy atom. The normalized spacial score (nSPS) is 19.6. The van der Waals surface area contributed by atoms with E-state index in [1.54, 1.807) is 0 Å². The van der Waals surface area contributed by atoms with E-state index < -0.39 is 0 Å². The molecule has 3 heteroatoms. The van der Waals surface area contributed by atoms with Gasteiger partial charge in [0.2, 0.25) is 5.91 Å². The van der Waals surface area contributed by atoms with Crippen molar-refractivity contribution in [1.29, 1.82) is 0 Å². The summed E-state index contributed by atoms with van der Waals surface area (Å²) in [5, 5.41) is 5.96.